The number of rotatable bonds is 4. The fourth-order valence-corrected chi connectivity index (χ4v) is 1.37. The molecule has 1 rings (SSSR count). The van der Waals surface area contributed by atoms with E-state index in [-0.39, 0.29) is 5.92 Å². The smallest absolute Gasteiger partial charge is 0.312 e. The number of hydrogen-bond donors (Lipinski definition) is 1. The number of methoxy groups -OCH3 is 1. The van der Waals surface area contributed by atoms with Crippen molar-refractivity contribution in [2.24, 2.45) is 11.3 Å². The van der Waals surface area contributed by atoms with Crippen LogP contribution in [-0.2, 0) is 9.53 Å². The minimum absolute atomic E-state index is 0.0972. The second-order valence-electron chi connectivity index (χ2n) is 2.94. The predicted molar refractivity (Wildman–Crippen MR) is 40.2 cm³/mol. The molecule has 3 heteroatoms. The average Bonchev–Trinajstić information content (AvgIpc) is 2.65. The van der Waals surface area contributed by atoms with Crippen LogP contribution in [0.2, 0.25) is 0 Å². The minimum atomic E-state index is -0.774. The molecule has 0 saturated heterocycles. The Bertz CT molecular complexity index is 188. The maximum atomic E-state index is 10.7. The van der Waals surface area contributed by atoms with Crippen molar-refractivity contribution in [3.8, 4) is 0 Å². The molecular weight excluding hydrogens is 144 g/mol. The first-order chi connectivity index (χ1) is 5.17. The highest BCUT2D eigenvalue weighted by atomic mass is 16.5. The molecule has 0 unspecified atom stereocenters. The third-order valence-corrected chi connectivity index (χ3v) is 2.25. The van der Waals surface area contributed by atoms with Gasteiger partial charge in [-0.25, -0.2) is 0 Å². The predicted octanol–water partition coefficient (Wildman–Crippen LogP) is 0.910. The quantitative estimate of drug-likeness (QED) is 0.615. The summed E-state index contributed by atoms with van der Waals surface area (Å²) in [5, 5.41) is 8.81. The van der Waals surface area contributed by atoms with Gasteiger partial charge in [0.15, 0.2) is 0 Å². The molecule has 1 fully saturated rings. The van der Waals surface area contributed by atoms with E-state index in [1.807, 2.05) is 0 Å². The summed E-state index contributed by atoms with van der Waals surface area (Å²) >= 11 is 0. The molecule has 0 radical (unpaired) electrons. The van der Waals surface area contributed by atoms with Gasteiger partial charge >= 0.3 is 5.97 Å². The van der Waals surface area contributed by atoms with Crippen LogP contribution in [0.4, 0.5) is 0 Å². The second kappa shape index (κ2) is 2.66. The molecule has 3 nitrogen and oxygen atoms in total. The van der Waals surface area contributed by atoms with E-state index in [0.29, 0.717) is 13.0 Å². The number of aliphatic carboxylic acids is 1. The van der Waals surface area contributed by atoms with Crippen LogP contribution in [-0.4, -0.2) is 24.8 Å². The minimum Gasteiger partial charge on any atom is -0.481 e. The van der Waals surface area contributed by atoms with Gasteiger partial charge in [-0.1, -0.05) is 6.08 Å². The third kappa shape index (κ3) is 1.16. The maximum absolute atomic E-state index is 10.7. The second-order valence-corrected chi connectivity index (χ2v) is 2.94. The summed E-state index contributed by atoms with van der Waals surface area (Å²) in [6.07, 6.45) is 2.35. The summed E-state index contributed by atoms with van der Waals surface area (Å²) in [4.78, 5) is 10.7. The lowest BCUT2D eigenvalue weighted by Crippen LogP contribution is -2.22. The maximum Gasteiger partial charge on any atom is 0.312 e. The van der Waals surface area contributed by atoms with Gasteiger partial charge in [0.2, 0.25) is 0 Å². The van der Waals surface area contributed by atoms with Crippen molar-refractivity contribution in [1.29, 1.82) is 0 Å². The SMILES string of the molecule is C=C[C@H]1C[C@@]1(COC)C(=O)O. The molecule has 0 aliphatic heterocycles. The van der Waals surface area contributed by atoms with Gasteiger partial charge in [-0.3, -0.25) is 4.79 Å². The molecule has 0 bridgehead atoms. The van der Waals surface area contributed by atoms with E-state index in [0.717, 1.165) is 0 Å². The highest BCUT2D eigenvalue weighted by Crippen LogP contribution is 2.53. The first-order valence-corrected chi connectivity index (χ1v) is 3.52. The number of allylic oxidation sites excluding steroid dienone is 1. The fourth-order valence-electron chi connectivity index (χ4n) is 1.37. The molecule has 0 heterocycles. The van der Waals surface area contributed by atoms with Crippen LogP contribution in [0.15, 0.2) is 12.7 Å². The van der Waals surface area contributed by atoms with Crippen LogP contribution in [0.3, 0.4) is 0 Å². The Balaban J connectivity index is 2.62. The summed E-state index contributed by atoms with van der Waals surface area (Å²) in [5.41, 5.74) is -0.656. The van der Waals surface area contributed by atoms with Gasteiger partial charge in [0, 0.05) is 7.11 Å². The van der Waals surface area contributed by atoms with E-state index >= 15 is 0 Å². The van der Waals surface area contributed by atoms with Crippen LogP contribution in [0.5, 0.6) is 0 Å². The normalized spacial score (nSPS) is 34.8. The van der Waals surface area contributed by atoms with Crippen molar-refractivity contribution in [3.63, 3.8) is 0 Å². The highest BCUT2D eigenvalue weighted by molar-refractivity contribution is 5.79. The standard InChI is InChI=1S/C8H12O3/c1-3-6-4-8(6,5-11-2)7(9)10/h3,6H,1,4-5H2,2H3,(H,9,10)/t6-,8-/m0/s1. The largest absolute Gasteiger partial charge is 0.481 e. The van der Waals surface area contributed by atoms with E-state index < -0.39 is 11.4 Å². The molecule has 62 valence electrons. The monoisotopic (exact) mass is 156 g/mol. The summed E-state index contributed by atoms with van der Waals surface area (Å²) in [6.45, 7) is 3.85. The van der Waals surface area contributed by atoms with Crippen molar-refractivity contribution in [2.75, 3.05) is 13.7 Å². The molecule has 11 heavy (non-hydrogen) atoms. The highest BCUT2D eigenvalue weighted by Gasteiger charge is 2.58. The summed E-state index contributed by atoms with van der Waals surface area (Å²) < 4.78 is 4.83. The van der Waals surface area contributed by atoms with Crippen LogP contribution in [0.1, 0.15) is 6.42 Å². The van der Waals surface area contributed by atoms with Crippen LogP contribution in [0.25, 0.3) is 0 Å². The summed E-state index contributed by atoms with van der Waals surface area (Å²) in [6, 6.07) is 0. The third-order valence-electron chi connectivity index (χ3n) is 2.25. The Labute approximate surface area is 65.7 Å². The van der Waals surface area contributed by atoms with Crippen molar-refractivity contribution in [3.05, 3.63) is 12.7 Å². The van der Waals surface area contributed by atoms with Crippen molar-refractivity contribution >= 4 is 5.97 Å². The van der Waals surface area contributed by atoms with Gasteiger partial charge in [-0.05, 0) is 12.3 Å². The Hall–Kier alpha value is -0.830. The molecule has 0 aromatic heterocycles. The number of hydrogen-bond acceptors (Lipinski definition) is 2. The molecule has 0 amide bonds. The topological polar surface area (TPSA) is 46.5 Å². The van der Waals surface area contributed by atoms with Crippen molar-refractivity contribution in [2.45, 2.75) is 6.42 Å². The molecular formula is C8H12O3. The summed E-state index contributed by atoms with van der Waals surface area (Å²) in [5.74, 6) is -0.677. The van der Waals surface area contributed by atoms with Crippen molar-refractivity contribution in [1.82, 2.24) is 0 Å². The number of ether oxygens (including phenoxy) is 1. The van der Waals surface area contributed by atoms with Gasteiger partial charge < -0.3 is 9.84 Å². The summed E-state index contributed by atoms with van der Waals surface area (Å²) in [7, 11) is 1.52. The number of carboxylic acid groups (broad SMARTS) is 1. The van der Waals surface area contributed by atoms with Gasteiger partial charge in [0.1, 0.15) is 0 Å². The van der Waals surface area contributed by atoms with Crippen molar-refractivity contribution < 1.29 is 14.6 Å². The van der Waals surface area contributed by atoms with Crippen LogP contribution >= 0.6 is 0 Å². The lowest BCUT2D eigenvalue weighted by atomic mass is 10.1. The van der Waals surface area contributed by atoms with Crippen LogP contribution < -0.4 is 0 Å². The van der Waals surface area contributed by atoms with E-state index in [2.05, 4.69) is 6.58 Å². The molecule has 1 N–H and O–H groups in total. The zero-order valence-corrected chi connectivity index (χ0v) is 6.54. The Morgan fingerprint density at radius 2 is 2.64 bits per heavy atom. The van der Waals surface area contributed by atoms with E-state index in [4.69, 9.17) is 9.84 Å². The lowest BCUT2D eigenvalue weighted by molar-refractivity contribution is -0.145. The number of carbonyl (C=O) groups is 1. The van der Waals surface area contributed by atoms with Gasteiger partial charge in [-0.15, -0.1) is 6.58 Å². The molecule has 1 saturated carbocycles. The average molecular weight is 156 g/mol. The van der Waals surface area contributed by atoms with E-state index in [1.54, 1.807) is 6.08 Å². The first kappa shape index (κ1) is 8.27. The van der Waals surface area contributed by atoms with Gasteiger partial charge in [-0.2, -0.15) is 0 Å². The van der Waals surface area contributed by atoms with E-state index in [9.17, 15) is 4.79 Å². The van der Waals surface area contributed by atoms with Crippen LogP contribution in [0, 0.1) is 11.3 Å². The molecule has 0 aromatic rings. The fraction of sp³-hybridized carbons (Fsp3) is 0.625. The molecule has 2 atom stereocenters. The molecule has 1 aliphatic rings. The first-order valence-electron chi connectivity index (χ1n) is 3.52. The van der Waals surface area contributed by atoms with E-state index in [1.165, 1.54) is 7.11 Å². The molecule has 1 aliphatic carbocycles. The zero-order valence-electron chi connectivity index (χ0n) is 6.54. The number of carboxylic acids is 1. The lowest BCUT2D eigenvalue weighted by Gasteiger charge is -2.08. The molecule has 0 spiro atoms. The van der Waals surface area contributed by atoms with Gasteiger partial charge in [0.05, 0.1) is 12.0 Å². The Kier molecular flexibility index (Phi) is 2.00. The van der Waals surface area contributed by atoms with Gasteiger partial charge in [0.25, 0.3) is 0 Å². The zero-order chi connectivity index (χ0) is 8.48. The Morgan fingerprint density at radius 3 is 2.91 bits per heavy atom. The Morgan fingerprint density at radius 1 is 2.00 bits per heavy atom. The molecule has 0 aromatic carbocycles.